The predicted molar refractivity (Wildman–Crippen MR) is 137 cm³/mol. The van der Waals surface area contributed by atoms with Crippen molar-refractivity contribution in [3.8, 4) is 0 Å². The molecule has 4 fully saturated rings. The first-order chi connectivity index (χ1) is 15.7. The molecule has 0 aromatic carbocycles. The van der Waals surface area contributed by atoms with Gasteiger partial charge in [0.05, 0.1) is 6.10 Å². The Bertz CT molecular complexity index is 900. The van der Waals surface area contributed by atoms with Crippen LogP contribution >= 0.6 is 0 Å². The molecule has 3 nitrogen and oxygen atoms in total. The van der Waals surface area contributed by atoms with Crippen LogP contribution in [0, 0.1) is 50.2 Å². The summed E-state index contributed by atoms with van der Waals surface area (Å²) in [5.41, 5.74) is 2.02. The van der Waals surface area contributed by atoms with E-state index in [4.69, 9.17) is 0 Å². The number of carbonyl (C=O) groups excluding carboxylic acids is 1. The smallest absolute Gasteiger partial charge is 0.164 e. The minimum Gasteiger partial charge on any atom is -0.393 e. The normalized spacial score (nSPS) is 51.3. The van der Waals surface area contributed by atoms with Crippen LogP contribution in [0.5, 0.6) is 0 Å². The molecule has 5 aliphatic carbocycles. The number of allylic oxidation sites excluding steroid dienone is 2. The fourth-order valence-corrected chi connectivity index (χ4v) is 10.9. The van der Waals surface area contributed by atoms with Crippen molar-refractivity contribution in [2.45, 2.75) is 119 Å². The van der Waals surface area contributed by atoms with Crippen LogP contribution in [0.1, 0.15) is 113 Å². The zero-order chi connectivity index (χ0) is 24.9. The lowest BCUT2D eigenvalue weighted by molar-refractivity contribution is -0.203. The summed E-state index contributed by atoms with van der Waals surface area (Å²) >= 11 is 0. The molecule has 192 valence electrons. The molecule has 2 N–H and O–H groups in total. The Balaban J connectivity index is 1.60. The van der Waals surface area contributed by atoms with Gasteiger partial charge in [-0.1, -0.05) is 60.1 Å². The molecule has 0 spiro atoms. The van der Waals surface area contributed by atoms with Crippen molar-refractivity contribution >= 4 is 5.78 Å². The summed E-state index contributed by atoms with van der Waals surface area (Å²) in [6, 6.07) is 0. The number of aliphatic hydroxyl groups is 2. The molecule has 8 atom stereocenters. The van der Waals surface area contributed by atoms with Crippen LogP contribution in [-0.2, 0) is 4.79 Å². The number of hydrogen-bond acceptors (Lipinski definition) is 3. The van der Waals surface area contributed by atoms with Crippen LogP contribution in [0.25, 0.3) is 0 Å². The molecule has 0 aromatic rings. The molecule has 5 rings (SSSR count). The first-order valence-corrected chi connectivity index (χ1v) is 14.2. The fourth-order valence-electron chi connectivity index (χ4n) is 10.9. The van der Waals surface area contributed by atoms with Crippen molar-refractivity contribution in [3.05, 3.63) is 11.6 Å². The molecule has 4 saturated carbocycles. The summed E-state index contributed by atoms with van der Waals surface area (Å²) in [4.78, 5) is 13.3. The summed E-state index contributed by atoms with van der Waals surface area (Å²) in [6.07, 6.45) is 13.1. The number of aliphatic hydroxyl groups excluding tert-OH is 2. The molecule has 0 saturated heterocycles. The second kappa shape index (κ2) is 7.44. The van der Waals surface area contributed by atoms with E-state index in [0.29, 0.717) is 11.8 Å². The Hall–Kier alpha value is -0.670. The summed E-state index contributed by atoms with van der Waals surface area (Å²) in [6.45, 7) is 16.8. The third kappa shape index (κ3) is 2.98. The highest BCUT2D eigenvalue weighted by atomic mass is 16.3. The zero-order valence-corrected chi connectivity index (χ0v) is 23.0. The molecule has 0 amide bonds. The minimum atomic E-state index is -0.350. The highest BCUT2D eigenvalue weighted by Gasteiger charge is 2.68. The quantitative estimate of drug-likeness (QED) is 0.441. The highest BCUT2D eigenvalue weighted by Crippen LogP contribution is 2.75. The second-order valence-corrected chi connectivity index (χ2v) is 15.3. The Labute approximate surface area is 208 Å². The molecule has 0 aliphatic heterocycles. The number of rotatable bonds is 2. The third-order valence-electron chi connectivity index (χ3n) is 13.3. The van der Waals surface area contributed by atoms with E-state index in [2.05, 4.69) is 54.5 Å². The summed E-state index contributed by atoms with van der Waals surface area (Å²) in [5, 5.41) is 20.9. The van der Waals surface area contributed by atoms with Crippen LogP contribution in [0.2, 0.25) is 0 Å². The van der Waals surface area contributed by atoms with E-state index < -0.39 is 0 Å². The fraction of sp³-hybridized carbons (Fsp3) is 0.903. The van der Waals surface area contributed by atoms with E-state index in [-0.39, 0.29) is 56.9 Å². The number of ketones is 1. The lowest BCUT2D eigenvalue weighted by Gasteiger charge is -2.71. The number of fused-ring (bicyclic) bond motifs is 7. The highest BCUT2D eigenvalue weighted by molar-refractivity contribution is 5.87. The molecule has 0 radical (unpaired) electrons. The lowest BCUT2D eigenvalue weighted by Crippen LogP contribution is -2.65. The van der Waals surface area contributed by atoms with Crippen molar-refractivity contribution < 1.29 is 15.0 Å². The maximum absolute atomic E-state index is 13.3. The molecule has 0 aromatic heterocycles. The van der Waals surface area contributed by atoms with Gasteiger partial charge in [0.25, 0.3) is 0 Å². The van der Waals surface area contributed by atoms with Gasteiger partial charge in [0.1, 0.15) is 6.61 Å². The van der Waals surface area contributed by atoms with Gasteiger partial charge in [0.2, 0.25) is 0 Å². The molecule has 0 unspecified atom stereocenters. The van der Waals surface area contributed by atoms with Gasteiger partial charge >= 0.3 is 0 Å². The average molecular weight is 471 g/mol. The van der Waals surface area contributed by atoms with E-state index >= 15 is 0 Å². The van der Waals surface area contributed by atoms with Crippen molar-refractivity contribution in [2.24, 2.45) is 50.2 Å². The number of Topliss-reactive ketones (excluding diaryl/α,β-unsaturated/α-hetero) is 1. The van der Waals surface area contributed by atoms with Gasteiger partial charge in [-0.2, -0.15) is 0 Å². The third-order valence-corrected chi connectivity index (χ3v) is 13.3. The zero-order valence-electron chi connectivity index (χ0n) is 23.0. The van der Waals surface area contributed by atoms with Gasteiger partial charge in [0.15, 0.2) is 5.78 Å². The standard InChI is InChI=1S/C31H50O3/c1-26(2)14-16-31(25(34)19-32)17-15-29(6)20(21(31)18-26)8-9-23-28(5)12-11-24(33)27(3,4)22(28)10-13-30(23,29)7/h8,21-24,32-33H,9-19H2,1-7H3/t21-,22-,23+,24-,28-,29+,30+,31-/m0/s1. The molecule has 0 heterocycles. The monoisotopic (exact) mass is 470 g/mol. The van der Waals surface area contributed by atoms with E-state index in [1.165, 1.54) is 12.8 Å². The molecule has 34 heavy (non-hydrogen) atoms. The summed E-state index contributed by atoms with van der Waals surface area (Å²) < 4.78 is 0. The molecule has 3 heteroatoms. The Morgan fingerprint density at radius 2 is 1.59 bits per heavy atom. The Morgan fingerprint density at radius 1 is 0.912 bits per heavy atom. The summed E-state index contributed by atoms with van der Waals surface area (Å²) in [5.74, 6) is 1.56. The van der Waals surface area contributed by atoms with E-state index in [9.17, 15) is 15.0 Å². The maximum atomic E-state index is 13.3. The van der Waals surface area contributed by atoms with Crippen LogP contribution < -0.4 is 0 Å². The lowest BCUT2D eigenvalue weighted by atomic mass is 9.33. The van der Waals surface area contributed by atoms with Crippen LogP contribution in [-0.4, -0.2) is 28.7 Å². The van der Waals surface area contributed by atoms with E-state index in [1.54, 1.807) is 5.57 Å². The molecule has 0 bridgehead atoms. The van der Waals surface area contributed by atoms with Gasteiger partial charge < -0.3 is 10.2 Å². The minimum absolute atomic E-state index is 0.0259. The van der Waals surface area contributed by atoms with E-state index in [1.807, 2.05) is 0 Å². The molecular weight excluding hydrogens is 420 g/mol. The van der Waals surface area contributed by atoms with Gasteiger partial charge in [-0.05, 0) is 109 Å². The first-order valence-electron chi connectivity index (χ1n) is 14.2. The Morgan fingerprint density at radius 3 is 2.26 bits per heavy atom. The second-order valence-electron chi connectivity index (χ2n) is 15.3. The summed E-state index contributed by atoms with van der Waals surface area (Å²) in [7, 11) is 0. The van der Waals surface area contributed by atoms with Crippen molar-refractivity contribution in [1.29, 1.82) is 0 Å². The first kappa shape index (κ1) is 25.0. The van der Waals surface area contributed by atoms with E-state index in [0.717, 1.165) is 51.4 Å². The van der Waals surface area contributed by atoms with Gasteiger partial charge in [0, 0.05) is 5.41 Å². The predicted octanol–water partition coefficient (Wildman–Crippen LogP) is 6.71. The van der Waals surface area contributed by atoms with Crippen LogP contribution in [0.4, 0.5) is 0 Å². The van der Waals surface area contributed by atoms with Crippen molar-refractivity contribution in [1.82, 2.24) is 0 Å². The maximum Gasteiger partial charge on any atom is 0.164 e. The number of hydrogen-bond donors (Lipinski definition) is 2. The van der Waals surface area contributed by atoms with Gasteiger partial charge in [-0.3, -0.25) is 4.79 Å². The topological polar surface area (TPSA) is 57.5 Å². The largest absolute Gasteiger partial charge is 0.393 e. The SMILES string of the molecule is CC1(C)CC[C@]2(C(=O)CO)CC[C@]3(C)C(=CC[C@@H]4[C@@]5(C)CC[C@H](O)C(C)(C)[C@@H]5CC[C@]43C)[C@@H]2C1. The van der Waals surface area contributed by atoms with Crippen LogP contribution in [0.3, 0.4) is 0 Å². The molecule has 5 aliphatic rings. The van der Waals surface area contributed by atoms with Gasteiger partial charge in [-0.25, -0.2) is 0 Å². The average Bonchev–Trinajstić information content (AvgIpc) is 2.76. The van der Waals surface area contributed by atoms with Crippen LogP contribution in [0.15, 0.2) is 11.6 Å². The molecular formula is C31H50O3. The van der Waals surface area contributed by atoms with Gasteiger partial charge in [-0.15, -0.1) is 0 Å². The van der Waals surface area contributed by atoms with Crippen molar-refractivity contribution in [3.63, 3.8) is 0 Å². The number of carbonyl (C=O) groups is 1. The van der Waals surface area contributed by atoms with Crippen molar-refractivity contribution in [2.75, 3.05) is 6.61 Å². The Kier molecular flexibility index (Phi) is 5.47.